The van der Waals surface area contributed by atoms with Crippen molar-refractivity contribution in [3.63, 3.8) is 0 Å². The lowest BCUT2D eigenvalue weighted by atomic mass is 10.2. The number of hydrogen-bond acceptors (Lipinski definition) is 7. The van der Waals surface area contributed by atoms with Crippen LogP contribution in [0.2, 0.25) is 0 Å². The fourth-order valence-corrected chi connectivity index (χ4v) is 3.70. The summed E-state index contributed by atoms with van der Waals surface area (Å²) < 4.78 is 2.79. The molecule has 9 heteroatoms. The first-order valence-electron chi connectivity index (χ1n) is 5.84. The first-order chi connectivity index (χ1) is 10.3. The summed E-state index contributed by atoms with van der Waals surface area (Å²) in [5.41, 5.74) is 2.51. The Morgan fingerprint density at radius 1 is 1.29 bits per heavy atom. The number of rotatable bonds is 3. The van der Waals surface area contributed by atoms with Crippen LogP contribution in [0.5, 0.6) is 0 Å². The van der Waals surface area contributed by atoms with Crippen LogP contribution in [-0.2, 0) is 0 Å². The first kappa shape index (κ1) is 13.7. The van der Waals surface area contributed by atoms with Crippen molar-refractivity contribution >= 4 is 44.5 Å². The molecule has 0 amide bonds. The van der Waals surface area contributed by atoms with E-state index in [2.05, 4.69) is 36.1 Å². The zero-order chi connectivity index (χ0) is 14.8. The summed E-state index contributed by atoms with van der Waals surface area (Å²) in [6.45, 7) is 0. The maximum atomic E-state index is 5.27. The van der Waals surface area contributed by atoms with E-state index in [9.17, 15) is 0 Å². The molecule has 0 aliphatic carbocycles. The molecule has 0 spiro atoms. The molecule has 0 bridgehead atoms. The van der Waals surface area contributed by atoms with Gasteiger partial charge in [0.15, 0.2) is 5.82 Å². The van der Waals surface area contributed by atoms with E-state index in [1.807, 2.05) is 16.5 Å². The minimum atomic E-state index is 0.600. The van der Waals surface area contributed by atoms with E-state index in [1.54, 1.807) is 18.6 Å². The van der Waals surface area contributed by atoms with Crippen molar-refractivity contribution in [3.8, 4) is 11.3 Å². The van der Waals surface area contributed by atoms with Gasteiger partial charge in [0, 0.05) is 18.0 Å². The number of nitrogens with two attached hydrogens (primary N) is 2. The van der Waals surface area contributed by atoms with Crippen LogP contribution in [0.3, 0.4) is 0 Å². The number of nitrogens with zero attached hydrogens (tertiary/aromatic N) is 5. The van der Waals surface area contributed by atoms with Gasteiger partial charge < -0.3 is 11.7 Å². The van der Waals surface area contributed by atoms with Crippen LogP contribution >= 0.6 is 27.3 Å². The van der Waals surface area contributed by atoms with Crippen molar-refractivity contribution in [1.82, 2.24) is 14.4 Å². The summed E-state index contributed by atoms with van der Waals surface area (Å²) in [6.07, 6.45) is 6.52. The third kappa shape index (κ3) is 2.30. The van der Waals surface area contributed by atoms with Crippen molar-refractivity contribution in [2.45, 2.75) is 0 Å². The van der Waals surface area contributed by atoms with Gasteiger partial charge in [0.2, 0.25) is 0 Å². The number of halogens is 1. The standard InChI is InChI=1S/C12H10BrN7S/c13-11-8(5-17-14)20-9(6-18-15)19-10(12(20)21-11)7-2-1-3-16-4-7/h1-6H,14-15H2. The van der Waals surface area contributed by atoms with E-state index >= 15 is 0 Å². The second-order valence-corrected chi connectivity index (χ2v) is 6.34. The Labute approximate surface area is 132 Å². The van der Waals surface area contributed by atoms with Crippen LogP contribution in [0, 0.1) is 0 Å². The Bertz CT molecular complexity index is 834. The number of pyridine rings is 1. The van der Waals surface area contributed by atoms with Crippen molar-refractivity contribution in [1.29, 1.82) is 0 Å². The first-order valence-corrected chi connectivity index (χ1v) is 7.45. The lowest BCUT2D eigenvalue weighted by molar-refractivity contribution is 1.11. The van der Waals surface area contributed by atoms with Gasteiger partial charge in [-0.05, 0) is 28.1 Å². The molecular formula is C12H10BrN7S. The third-order valence-electron chi connectivity index (χ3n) is 2.81. The Morgan fingerprint density at radius 3 is 2.76 bits per heavy atom. The average molecular weight is 364 g/mol. The largest absolute Gasteiger partial charge is 0.323 e. The van der Waals surface area contributed by atoms with E-state index < -0.39 is 0 Å². The fourth-order valence-electron chi connectivity index (χ4n) is 2.00. The topological polar surface area (TPSA) is 107 Å². The van der Waals surface area contributed by atoms with Crippen molar-refractivity contribution in [2.24, 2.45) is 21.9 Å². The Hall–Kier alpha value is -2.26. The highest BCUT2D eigenvalue weighted by Gasteiger charge is 2.19. The molecule has 0 saturated carbocycles. The van der Waals surface area contributed by atoms with Gasteiger partial charge in [0.05, 0.1) is 21.9 Å². The highest BCUT2D eigenvalue weighted by molar-refractivity contribution is 9.11. The molecule has 0 saturated heterocycles. The van der Waals surface area contributed by atoms with Gasteiger partial charge in [0.1, 0.15) is 10.5 Å². The summed E-state index contributed by atoms with van der Waals surface area (Å²) in [6, 6.07) is 3.81. The normalized spacial score (nSPS) is 12.0. The van der Waals surface area contributed by atoms with Crippen molar-refractivity contribution in [2.75, 3.05) is 0 Å². The molecule has 0 fully saturated rings. The van der Waals surface area contributed by atoms with Crippen LogP contribution in [0.1, 0.15) is 11.5 Å². The van der Waals surface area contributed by atoms with Crippen LogP contribution < -0.4 is 11.7 Å². The summed E-state index contributed by atoms with van der Waals surface area (Å²) in [5, 5.41) is 7.15. The molecule has 7 nitrogen and oxygen atoms in total. The number of thiazole rings is 1. The molecule has 4 N–H and O–H groups in total. The third-order valence-corrected chi connectivity index (χ3v) is 4.66. The molecule has 0 aromatic carbocycles. The molecule has 21 heavy (non-hydrogen) atoms. The molecule has 3 rings (SSSR count). The number of imidazole rings is 1. The number of aromatic nitrogens is 3. The van der Waals surface area contributed by atoms with E-state index in [0.717, 1.165) is 25.6 Å². The van der Waals surface area contributed by atoms with Crippen LogP contribution in [-0.4, -0.2) is 26.8 Å². The average Bonchev–Trinajstić information content (AvgIpc) is 2.99. The number of hydrazone groups is 2. The molecule has 3 aromatic rings. The molecule has 106 valence electrons. The zero-order valence-corrected chi connectivity index (χ0v) is 13.0. The van der Waals surface area contributed by atoms with Crippen molar-refractivity contribution in [3.05, 3.63) is 39.8 Å². The predicted molar refractivity (Wildman–Crippen MR) is 87.6 cm³/mol. The van der Waals surface area contributed by atoms with E-state index in [4.69, 9.17) is 11.7 Å². The Kier molecular flexibility index (Phi) is 3.67. The monoisotopic (exact) mass is 363 g/mol. The smallest absolute Gasteiger partial charge is 0.159 e. The molecule has 0 radical (unpaired) electrons. The van der Waals surface area contributed by atoms with Gasteiger partial charge >= 0.3 is 0 Å². The van der Waals surface area contributed by atoms with E-state index in [1.165, 1.54) is 17.6 Å². The Morgan fingerprint density at radius 2 is 2.10 bits per heavy atom. The van der Waals surface area contributed by atoms with Gasteiger partial charge in [-0.2, -0.15) is 10.2 Å². The van der Waals surface area contributed by atoms with Gasteiger partial charge in [-0.1, -0.05) is 0 Å². The molecule has 3 aromatic heterocycles. The second kappa shape index (κ2) is 5.62. The van der Waals surface area contributed by atoms with Crippen molar-refractivity contribution < 1.29 is 0 Å². The number of fused-ring (bicyclic) bond motifs is 1. The van der Waals surface area contributed by atoms with Crippen LogP contribution in [0.15, 0.2) is 38.5 Å². The van der Waals surface area contributed by atoms with Gasteiger partial charge in [0.25, 0.3) is 0 Å². The maximum Gasteiger partial charge on any atom is 0.159 e. The summed E-state index contributed by atoms with van der Waals surface area (Å²) >= 11 is 5.04. The summed E-state index contributed by atoms with van der Waals surface area (Å²) in [7, 11) is 0. The lowest BCUT2D eigenvalue weighted by Crippen LogP contribution is -1.99. The van der Waals surface area contributed by atoms with Gasteiger partial charge in [-0.15, -0.1) is 11.3 Å². The van der Waals surface area contributed by atoms with E-state index in [0.29, 0.717) is 5.82 Å². The highest BCUT2D eigenvalue weighted by Crippen LogP contribution is 2.35. The number of hydrogen-bond donors (Lipinski definition) is 2. The minimum absolute atomic E-state index is 0.600. The fraction of sp³-hybridized carbons (Fsp3) is 0. The molecular weight excluding hydrogens is 354 g/mol. The SMILES string of the molecule is NN=Cc1nc(-c2cccnc2)c2sc(Br)c(C=NN)n12. The van der Waals surface area contributed by atoms with E-state index in [-0.39, 0.29) is 0 Å². The molecule has 0 atom stereocenters. The minimum Gasteiger partial charge on any atom is -0.323 e. The molecule has 3 heterocycles. The van der Waals surface area contributed by atoms with Gasteiger partial charge in [-0.25, -0.2) is 4.98 Å². The second-order valence-electron chi connectivity index (χ2n) is 4.02. The molecule has 0 unspecified atom stereocenters. The van der Waals surface area contributed by atoms with Crippen LogP contribution in [0.25, 0.3) is 16.1 Å². The predicted octanol–water partition coefficient (Wildman–Crippen LogP) is 1.81. The molecule has 0 aliphatic rings. The maximum absolute atomic E-state index is 5.27. The lowest BCUT2D eigenvalue weighted by Gasteiger charge is -1.93. The summed E-state index contributed by atoms with van der Waals surface area (Å²) in [5.74, 6) is 11.1. The quantitative estimate of drug-likeness (QED) is 0.420. The van der Waals surface area contributed by atoms with Gasteiger partial charge in [-0.3, -0.25) is 9.38 Å². The molecule has 0 aliphatic heterocycles. The van der Waals surface area contributed by atoms with Crippen LogP contribution in [0.4, 0.5) is 0 Å². The Balaban J connectivity index is 2.35. The highest BCUT2D eigenvalue weighted by atomic mass is 79.9. The summed E-state index contributed by atoms with van der Waals surface area (Å²) in [4.78, 5) is 9.63. The zero-order valence-electron chi connectivity index (χ0n) is 10.6.